The number of carbonyl (C=O) groups excluding carboxylic acids is 1. The van der Waals surface area contributed by atoms with E-state index in [4.69, 9.17) is 5.21 Å². The van der Waals surface area contributed by atoms with Gasteiger partial charge in [-0.1, -0.05) is 11.2 Å². The number of pyridine rings is 1. The molecular formula is C12H15N3O2. The Kier molecular flexibility index (Phi) is 3.69. The maximum atomic E-state index is 11.5. The van der Waals surface area contributed by atoms with Gasteiger partial charge in [-0.2, -0.15) is 0 Å². The van der Waals surface area contributed by atoms with Gasteiger partial charge in [-0.25, -0.2) is 0 Å². The molecule has 0 atom stereocenters. The number of carbonyl (C=O) groups is 1. The van der Waals surface area contributed by atoms with E-state index in [1.54, 1.807) is 17.3 Å². The standard InChI is InChI=1S/C12H15N3O2/c16-12-4-2-6-15(12)9-11(14-17)7-10-3-1-5-13-8-10/h1,3,5,8,17H,2,4,6-7,9H2/b14-11+. The first-order chi connectivity index (χ1) is 8.29. The highest BCUT2D eigenvalue weighted by molar-refractivity contribution is 5.91. The Hall–Kier alpha value is -1.91. The van der Waals surface area contributed by atoms with Crippen LogP contribution < -0.4 is 0 Å². The molecule has 0 radical (unpaired) electrons. The molecule has 90 valence electrons. The first kappa shape index (κ1) is 11.6. The summed E-state index contributed by atoms with van der Waals surface area (Å²) < 4.78 is 0. The quantitative estimate of drug-likeness (QED) is 0.480. The van der Waals surface area contributed by atoms with E-state index in [2.05, 4.69) is 10.1 Å². The van der Waals surface area contributed by atoms with Crippen LogP contribution in [-0.2, 0) is 11.2 Å². The second-order valence-corrected chi connectivity index (χ2v) is 4.12. The van der Waals surface area contributed by atoms with E-state index < -0.39 is 0 Å². The van der Waals surface area contributed by atoms with Crippen molar-refractivity contribution in [1.82, 2.24) is 9.88 Å². The van der Waals surface area contributed by atoms with Crippen LogP contribution in [0.2, 0.25) is 0 Å². The summed E-state index contributed by atoms with van der Waals surface area (Å²) in [5, 5.41) is 12.2. The highest BCUT2D eigenvalue weighted by atomic mass is 16.4. The summed E-state index contributed by atoms with van der Waals surface area (Å²) in [6.45, 7) is 1.16. The summed E-state index contributed by atoms with van der Waals surface area (Å²) in [4.78, 5) is 17.2. The van der Waals surface area contributed by atoms with Crippen LogP contribution >= 0.6 is 0 Å². The largest absolute Gasteiger partial charge is 0.411 e. The van der Waals surface area contributed by atoms with Crippen LogP contribution in [0.4, 0.5) is 0 Å². The van der Waals surface area contributed by atoms with Crippen molar-refractivity contribution in [3.8, 4) is 0 Å². The van der Waals surface area contributed by atoms with Crippen molar-refractivity contribution in [2.45, 2.75) is 19.3 Å². The minimum atomic E-state index is 0.136. The van der Waals surface area contributed by atoms with Gasteiger partial charge in [0.05, 0.1) is 12.3 Å². The topological polar surface area (TPSA) is 65.8 Å². The number of rotatable bonds is 4. The van der Waals surface area contributed by atoms with Gasteiger partial charge in [0.15, 0.2) is 0 Å². The van der Waals surface area contributed by atoms with Gasteiger partial charge in [0.25, 0.3) is 0 Å². The molecule has 5 heteroatoms. The molecule has 2 heterocycles. The van der Waals surface area contributed by atoms with Crippen molar-refractivity contribution in [3.63, 3.8) is 0 Å². The van der Waals surface area contributed by atoms with Gasteiger partial charge in [0.2, 0.25) is 5.91 Å². The van der Waals surface area contributed by atoms with E-state index >= 15 is 0 Å². The zero-order chi connectivity index (χ0) is 12.1. The maximum absolute atomic E-state index is 11.5. The normalized spacial score (nSPS) is 16.6. The zero-order valence-electron chi connectivity index (χ0n) is 9.54. The Bertz CT molecular complexity index is 417. The molecule has 1 amide bonds. The van der Waals surface area contributed by atoms with Crippen LogP contribution in [0.1, 0.15) is 18.4 Å². The Balaban J connectivity index is 1.96. The summed E-state index contributed by atoms with van der Waals surface area (Å²) in [5.41, 5.74) is 1.57. The van der Waals surface area contributed by atoms with Crippen molar-refractivity contribution in [2.75, 3.05) is 13.1 Å². The number of likely N-dealkylation sites (tertiary alicyclic amines) is 1. The third-order valence-electron chi connectivity index (χ3n) is 2.82. The maximum Gasteiger partial charge on any atom is 0.222 e. The minimum absolute atomic E-state index is 0.136. The second-order valence-electron chi connectivity index (χ2n) is 4.12. The van der Waals surface area contributed by atoms with Crippen LogP contribution in [0, 0.1) is 0 Å². The van der Waals surface area contributed by atoms with Gasteiger partial charge in [-0.3, -0.25) is 9.78 Å². The molecule has 17 heavy (non-hydrogen) atoms. The van der Waals surface area contributed by atoms with Crippen LogP contribution in [0.5, 0.6) is 0 Å². The first-order valence-electron chi connectivity index (χ1n) is 5.66. The molecule has 0 bridgehead atoms. The summed E-state index contributed by atoms with van der Waals surface area (Å²) in [6, 6.07) is 3.76. The smallest absolute Gasteiger partial charge is 0.222 e. The lowest BCUT2D eigenvalue weighted by Crippen LogP contribution is -2.31. The second kappa shape index (κ2) is 5.43. The molecule has 0 aliphatic carbocycles. The van der Waals surface area contributed by atoms with Crippen molar-refractivity contribution in [2.24, 2.45) is 5.16 Å². The third-order valence-corrected chi connectivity index (χ3v) is 2.82. The van der Waals surface area contributed by atoms with Crippen LogP contribution in [-0.4, -0.2) is 39.8 Å². The van der Waals surface area contributed by atoms with E-state index in [-0.39, 0.29) is 5.91 Å². The van der Waals surface area contributed by atoms with E-state index in [0.29, 0.717) is 25.1 Å². The SMILES string of the molecule is O=C1CCCN1C/C(Cc1cccnc1)=N/O. The predicted octanol–water partition coefficient (Wildman–Crippen LogP) is 1.08. The molecule has 2 rings (SSSR count). The van der Waals surface area contributed by atoms with Gasteiger partial charge >= 0.3 is 0 Å². The van der Waals surface area contributed by atoms with E-state index in [0.717, 1.165) is 18.5 Å². The average Bonchev–Trinajstić information content (AvgIpc) is 2.75. The van der Waals surface area contributed by atoms with Gasteiger partial charge in [0.1, 0.15) is 0 Å². The summed E-state index contributed by atoms with van der Waals surface area (Å²) in [5.74, 6) is 0.136. The Labute approximate surface area is 99.8 Å². The Morgan fingerprint density at radius 1 is 1.59 bits per heavy atom. The van der Waals surface area contributed by atoms with E-state index in [1.807, 2.05) is 12.1 Å². The lowest BCUT2D eigenvalue weighted by atomic mass is 10.1. The highest BCUT2D eigenvalue weighted by Gasteiger charge is 2.21. The lowest BCUT2D eigenvalue weighted by Gasteiger charge is -2.15. The molecular weight excluding hydrogens is 218 g/mol. The molecule has 0 aromatic carbocycles. The average molecular weight is 233 g/mol. The molecule has 1 aliphatic rings. The Morgan fingerprint density at radius 2 is 2.47 bits per heavy atom. The number of oxime groups is 1. The van der Waals surface area contributed by atoms with Crippen LogP contribution in [0.15, 0.2) is 29.7 Å². The Morgan fingerprint density at radius 3 is 3.06 bits per heavy atom. The monoisotopic (exact) mass is 233 g/mol. The lowest BCUT2D eigenvalue weighted by molar-refractivity contribution is -0.127. The molecule has 1 aliphatic heterocycles. The fourth-order valence-corrected chi connectivity index (χ4v) is 1.95. The fourth-order valence-electron chi connectivity index (χ4n) is 1.95. The number of aromatic nitrogens is 1. The minimum Gasteiger partial charge on any atom is -0.411 e. The van der Waals surface area contributed by atoms with E-state index in [9.17, 15) is 4.79 Å². The molecule has 1 aromatic heterocycles. The molecule has 1 N–H and O–H groups in total. The summed E-state index contributed by atoms with van der Waals surface area (Å²) in [7, 11) is 0. The van der Waals surface area contributed by atoms with E-state index in [1.165, 1.54) is 0 Å². The molecule has 1 aromatic rings. The fraction of sp³-hybridized carbons (Fsp3) is 0.417. The molecule has 1 fully saturated rings. The van der Waals surface area contributed by atoms with Crippen LogP contribution in [0.3, 0.4) is 0 Å². The molecule has 0 saturated carbocycles. The number of hydrogen-bond donors (Lipinski definition) is 1. The van der Waals surface area contributed by atoms with Crippen molar-refractivity contribution in [1.29, 1.82) is 0 Å². The van der Waals surface area contributed by atoms with Gasteiger partial charge in [-0.15, -0.1) is 0 Å². The van der Waals surface area contributed by atoms with Crippen LogP contribution in [0.25, 0.3) is 0 Å². The highest BCUT2D eigenvalue weighted by Crippen LogP contribution is 2.10. The van der Waals surface area contributed by atoms with Gasteiger partial charge in [-0.05, 0) is 18.1 Å². The summed E-state index contributed by atoms with van der Waals surface area (Å²) >= 11 is 0. The molecule has 0 spiro atoms. The first-order valence-corrected chi connectivity index (χ1v) is 5.66. The van der Waals surface area contributed by atoms with Gasteiger partial charge in [0, 0.05) is 31.8 Å². The van der Waals surface area contributed by atoms with Crippen molar-refractivity contribution < 1.29 is 10.0 Å². The molecule has 1 saturated heterocycles. The number of nitrogens with zero attached hydrogens (tertiary/aromatic N) is 3. The van der Waals surface area contributed by atoms with Crippen molar-refractivity contribution in [3.05, 3.63) is 30.1 Å². The zero-order valence-corrected chi connectivity index (χ0v) is 9.54. The molecule has 0 unspecified atom stereocenters. The molecule has 5 nitrogen and oxygen atoms in total. The number of hydrogen-bond acceptors (Lipinski definition) is 4. The van der Waals surface area contributed by atoms with Crippen molar-refractivity contribution >= 4 is 11.6 Å². The number of amides is 1. The summed E-state index contributed by atoms with van der Waals surface area (Å²) in [6.07, 6.45) is 5.45. The predicted molar refractivity (Wildman–Crippen MR) is 63.0 cm³/mol. The van der Waals surface area contributed by atoms with Gasteiger partial charge < -0.3 is 10.1 Å². The third kappa shape index (κ3) is 3.03.